The van der Waals surface area contributed by atoms with Gasteiger partial charge in [0, 0.05) is 0 Å². The van der Waals surface area contributed by atoms with Crippen molar-refractivity contribution < 1.29 is 17.8 Å². The molecule has 0 unspecified atom stereocenters. The molecule has 1 atom stereocenters. The molecule has 9 heteroatoms. The van der Waals surface area contributed by atoms with Crippen LogP contribution in [0.3, 0.4) is 0 Å². The summed E-state index contributed by atoms with van der Waals surface area (Å²) in [5.74, 6) is 0.0263. The van der Waals surface area contributed by atoms with Crippen LogP contribution in [0.4, 0.5) is 5.88 Å². The summed E-state index contributed by atoms with van der Waals surface area (Å²) in [5, 5.41) is 16.2. The lowest BCUT2D eigenvalue weighted by molar-refractivity contribution is -0.402. The van der Waals surface area contributed by atoms with Gasteiger partial charge in [-0.3, -0.25) is 15.1 Å². The third-order valence-corrected chi connectivity index (χ3v) is 4.56. The molecule has 1 aliphatic heterocycles. The number of hydrogen-bond acceptors (Lipinski definition) is 7. The first-order chi connectivity index (χ1) is 8.87. The summed E-state index contributed by atoms with van der Waals surface area (Å²) in [6.45, 7) is 2.07. The monoisotopic (exact) mass is 287 g/mol. The van der Waals surface area contributed by atoms with Gasteiger partial charge in [-0.1, -0.05) is 0 Å². The second kappa shape index (κ2) is 5.00. The van der Waals surface area contributed by atoms with Gasteiger partial charge < -0.3 is 4.42 Å². The average Bonchev–Trinajstić information content (AvgIpc) is 2.75. The molecule has 2 heterocycles. The summed E-state index contributed by atoms with van der Waals surface area (Å²) in [4.78, 5) is 9.80. The van der Waals surface area contributed by atoms with E-state index in [1.165, 1.54) is 18.3 Å². The Bertz CT molecular complexity index is 606. The molecule has 0 aliphatic carbocycles. The molecule has 0 bridgehead atoms. The predicted octanol–water partition coefficient (Wildman–Crippen LogP) is 0.641. The Labute approximate surface area is 109 Å². The Kier molecular flexibility index (Phi) is 3.56. The second-order valence-electron chi connectivity index (χ2n) is 4.30. The third-order valence-electron chi connectivity index (χ3n) is 2.76. The van der Waals surface area contributed by atoms with Gasteiger partial charge in [0.25, 0.3) is 0 Å². The molecule has 0 radical (unpaired) electrons. The number of hydrazone groups is 1. The topological polar surface area (TPSA) is 106 Å². The first-order valence-corrected chi connectivity index (χ1v) is 7.45. The summed E-state index contributed by atoms with van der Waals surface area (Å²) in [5.41, 5.74) is 0. The van der Waals surface area contributed by atoms with Crippen LogP contribution in [0.25, 0.3) is 0 Å². The van der Waals surface area contributed by atoms with E-state index in [0.29, 0.717) is 6.54 Å². The highest BCUT2D eigenvalue weighted by atomic mass is 32.2. The van der Waals surface area contributed by atoms with Crippen molar-refractivity contribution in [3.05, 3.63) is 28.0 Å². The minimum Gasteiger partial charge on any atom is -0.400 e. The van der Waals surface area contributed by atoms with Gasteiger partial charge in [-0.25, -0.2) is 8.42 Å². The van der Waals surface area contributed by atoms with Crippen LogP contribution in [-0.2, 0) is 9.84 Å². The maximum atomic E-state index is 11.4. The zero-order chi connectivity index (χ0) is 14.0. The minimum atomic E-state index is -2.98. The summed E-state index contributed by atoms with van der Waals surface area (Å²) < 4.78 is 27.7. The first-order valence-electron chi connectivity index (χ1n) is 5.63. The number of sulfone groups is 1. The molecule has 2 rings (SSSR count). The van der Waals surface area contributed by atoms with E-state index in [4.69, 9.17) is 4.42 Å². The fraction of sp³-hybridized carbons (Fsp3) is 0.500. The Morgan fingerprint density at radius 2 is 2.32 bits per heavy atom. The number of nitro groups is 1. The lowest BCUT2D eigenvalue weighted by Gasteiger charge is -2.30. The van der Waals surface area contributed by atoms with Crippen LogP contribution in [-0.4, -0.2) is 48.7 Å². The molecule has 0 spiro atoms. The number of rotatable bonds is 3. The van der Waals surface area contributed by atoms with Crippen LogP contribution < -0.4 is 0 Å². The zero-order valence-electron chi connectivity index (χ0n) is 10.2. The standard InChI is InChI=1S/C10H13N3O5S/c1-8-7-19(16,17)5-4-12(8)11-6-9-2-3-10(18-9)13(14)15/h2-3,6,8H,4-5,7H2,1H3/b11-6+/t8-/m1/s1. The number of furan rings is 1. The summed E-state index contributed by atoms with van der Waals surface area (Å²) in [6, 6.07) is 2.46. The molecule has 0 N–H and O–H groups in total. The van der Waals surface area contributed by atoms with Crippen LogP contribution in [0.2, 0.25) is 0 Å². The van der Waals surface area contributed by atoms with Crippen molar-refractivity contribution in [1.29, 1.82) is 0 Å². The van der Waals surface area contributed by atoms with Crippen molar-refractivity contribution in [1.82, 2.24) is 5.01 Å². The van der Waals surface area contributed by atoms with E-state index in [-0.39, 0.29) is 29.2 Å². The van der Waals surface area contributed by atoms with Crippen LogP contribution in [0.15, 0.2) is 21.7 Å². The Morgan fingerprint density at radius 1 is 1.58 bits per heavy atom. The van der Waals surface area contributed by atoms with E-state index < -0.39 is 14.8 Å². The molecule has 0 amide bonds. The van der Waals surface area contributed by atoms with Gasteiger partial charge >= 0.3 is 5.88 Å². The quantitative estimate of drug-likeness (QED) is 0.459. The normalized spacial score (nSPS) is 22.8. The minimum absolute atomic E-state index is 0.0582. The largest absolute Gasteiger partial charge is 0.433 e. The molecular formula is C10H13N3O5S. The molecule has 19 heavy (non-hydrogen) atoms. The van der Waals surface area contributed by atoms with Gasteiger partial charge in [-0.2, -0.15) is 5.10 Å². The highest BCUT2D eigenvalue weighted by Gasteiger charge is 2.27. The fourth-order valence-corrected chi connectivity index (χ4v) is 3.34. The molecule has 8 nitrogen and oxygen atoms in total. The Morgan fingerprint density at radius 3 is 2.89 bits per heavy atom. The SMILES string of the molecule is C[C@@H]1CS(=O)(=O)CCN1/N=C/c1ccc([N+](=O)[O-])o1. The molecule has 0 saturated carbocycles. The van der Waals surface area contributed by atoms with Crippen molar-refractivity contribution in [2.45, 2.75) is 13.0 Å². The highest BCUT2D eigenvalue weighted by molar-refractivity contribution is 7.91. The van der Waals surface area contributed by atoms with Crippen LogP contribution >= 0.6 is 0 Å². The predicted molar refractivity (Wildman–Crippen MR) is 67.8 cm³/mol. The van der Waals surface area contributed by atoms with Gasteiger partial charge in [-0.05, 0) is 13.0 Å². The van der Waals surface area contributed by atoms with Crippen molar-refractivity contribution in [2.24, 2.45) is 5.10 Å². The lowest BCUT2D eigenvalue weighted by atomic mass is 10.4. The Balaban J connectivity index is 2.04. The summed E-state index contributed by atoms with van der Waals surface area (Å²) in [6.07, 6.45) is 1.35. The smallest absolute Gasteiger partial charge is 0.400 e. The second-order valence-corrected chi connectivity index (χ2v) is 6.53. The van der Waals surface area contributed by atoms with E-state index in [2.05, 4.69) is 5.10 Å². The van der Waals surface area contributed by atoms with Crippen LogP contribution in [0.1, 0.15) is 12.7 Å². The zero-order valence-corrected chi connectivity index (χ0v) is 11.0. The van der Waals surface area contributed by atoms with E-state index in [1.54, 1.807) is 11.9 Å². The van der Waals surface area contributed by atoms with E-state index >= 15 is 0 Å². The maximum Gasteiger partial charge on any atom is 0.433 e. The van der Waals surface area contributed by atoms with Crippen molar-refractivity contribution in [3.8, 4) is 0 Å². The van der Waals surface area contributed by atoms with Gasteiger partial charge in [-0.15, -0.1) is 0 Å². The van der Waals surface area contributed by atoms with Crippen molar-refractivity contribution in [2.75, 3.05) is 18.1 Å². The molecule has 1 aromatic rings. The first kappa shape index (κ1) is 13.5. The maximum absolute atomic E-state index is 11.4. The molecular weight excluding hydrogens is 274 g/mol. The summed E-state index contributed by atoms with van der Waals surface area (Å²) in [7, 11) is -2.98. The van der Waals surface area contributed by atoms with E-state index in [1.807, 2.05) is 0 Å². The van der Waals surface area contributed by atoms with Gasteiger partial charge in [0.2, 0.25) is 0 Å². The fourth-order valence-electron chi connectivity index (χ4n) is 1.80. The molecule has 1 fully saturated rings. The molecule has 0 aromatic carbocycles. The highest BCUT2D eigenvalue weighted by Crippen LogP contribution is 2.15. The van der Waals surface area contributed by atoms with Crippen LogP contribution in [0.5, 0.6) is 0 Å². The molecule has 104 valence electrons. The Hall–Kier alpha value is -1.90. The van der Waals surface area contributed by atoms with Crippen molar-refractivity contribution in [3.63, 3.8) is 0 Å². The molecule has 1 saturated heterocycles. The van der Waals surface area contributed by atoms with Crippen LogP contribution in [0, 0.1) is 10.1 Å². The number of nitrogens with zero attached hydrogens (tertiary/aromatic N) is 3. The average molecular weight is 287 g/mol. The lowest BCUT2D eigenvalue weighted by Crippen LogP contribution is -2.43. The van der Waals surface area contributed by atoms with Crippen molar-refractivity contribution >= 4 is 21.9 Å². The number of hydrogen-bond donors (Lipinski definition) is 0. The van der Waals surface area contributed by atoms with Gasteiger partial charge in [0.1, 0.15) is 4.92 Å². The van der Waals surface area contributed by atoms with E-state index in [9.17, 15) is 18.5 Å². The molecule has 1 aliphatic rings. The molecule has 1 aromatic heterocycles. The van der Waals surface area contributed by atoms with Gasteiger partial charge in [0.05, 0.1) is 36.4 Å². The van der Waals surface area contributed by atoms with Gasteiger partial charge in [0.15, 0.2) is 15.6 Å². The van der Waals surface area contributed by atoms with E-state index in [0.717, 1.165) is 0 Å². The third kappa shape index (κ3) is 3.31. The summed E-state index contributed by atoms with van der Waals surface area (Å²) >= 11 is 0.